The number of imidazole rings is 1. The molecule has 0 saturated heterocycles. The lowest BCUT2D eigenvalue weighted by molar-refractivity contribution is 0.617. The first kappa shape index (κ1) is 12.8. The maximum absolute atomic E-state index is 13.4. The fourth-order valence-corrected chi connectivity index (χ4v) is 2.45. The van der Waals surface area contributed by atoms with E-state index in [2.05, 4.69) is 17.1 Å². The minimum Gasteiger partial charge on any atom is -0.330 e. The average molecular weight is 269 g/mol. The lowest BCUT2D eigenvalue weighted by Crippen LogP contribution is -2.07. The van der Waals surface area contributed by atoms with E-state index in [0.717, 1.165) is 23.5 Å². The second kappa shape index (κ2) is 5.43. The van der Waals surface area contributed by atoms with Crippen LogP contribution < -0.4 is 5.73 Å². The smallest absolute Gasteiger partial charge is 0.139 e. The van der Waals surface area contributed by atoms with Crippen LogP contribution in [-0.4, -0.2) is 15.9 Å². The van der Waals surface area contributed by atoms with Crippen LogP contribution in [0.1, 0.15) is 17.0 Å². The SMILES string of the molecule is NCCc1c(Cc2ccccc2)nc2ccc(F)cn12. The summed E-state index contributed by atoms with van der Waals surface area (Å²) in [4.78, 5) is 4.61. The zero-order valence-corrected chi connectivity index (χ0v) is 11.1. The molecule has 0 amide bonds. The van der Waals surface area contributed by atoms with Crippen molar-refractivity contribution in [2.45, 2.75) is 12.8 Å². The third-order valence-corrected chi connectivity index (χ3v) is 3.36. The molecule has 102 valence electrons. The Morgan fingerprint density at radius 2 is 1.90 bits per heavy atom. The van der Waals surface area contributed by atoms with Crippen molar-refractivity contribution < 1.29 is 4.39 Å². The van der Waals surface area contributed by atoms with Crippen LogP contribution in [0.2, 0.25) is 0 Å². The number of hydrogen-bond donors (Lipinski definition) is 1. The zero-order chi connectivity index (χ0) is 13.9. The second-order valence-electron chi connectivity index (χ2n) is 4.78. The van der Waals surface area contributed by atoms with E-state index >= 15 is 0 Å². The van der Waals surface area contributed by atoms with E-state index in [4.69, 9.17) is 5.73 Å². The summed E-state index contributed by atoms with van der Waals surface area (Å²) in [5, 5.41) is 0. The predicted molar refractivity (Wildman–Crippen MR) is 77.2 cm³/mol. The lowest BCUT2D eigenvalue weighted by Gasteiger charge is -2.04. The number of nitrogens with two attached hydrogens (primary N) is 1. The van der Waals surface area contributed by atoms with Crippen molar-refractivity contribution in [1.82, 2.24) is 9.38 Å². The number of aromatic nitrogens is 2. The van der Waals surface area contributed by atoms with Crippen LogP contribution in [0.3, 0.4) is 0 Å². The predicted octanol–water partition coefficient (Wildman–Crippen LogP) is 2.57. The molecule has 0 atom stereocenters. The van der Waals surface area contributed by atoms with Crippen LogP contribution in [0.15, 0.2) is 48.7 Å². The summed E-state index contributed by atoms with van der Waals surface area (Å²) in [5.74, 6) is -0.264. The van der Waals surface area contributed by atoms with Gasteiger partial charge in [0.05, 0.1) is 5.69 Å². The van der Waals surface area contributed by atoms with Crippen LogP contribution in [-0.2, 0) is 12.8 Å². The summed E-state index contributed by atoms with van der Waals surface area (Å²) < 4.78 is 15.2. The van der Waals surface area contributed by atoms with Crippen molar-refractivity contribution in [3.63, 3.8) is 0 Å². The van der Waals surface area contributed by atoms with Gasteiger partial charge in [0.15, 0.2) is 0 Å². The van der Waals surface area contributed by atoms with Crippen LogP contribution in [0.5, 0.6) is 0 Å². The second-order valence-corrected chi connectivity index (χ2v) is 4.78. The molecule has 0 fully saturated rings. The molecule has 0 bridgehead atoms. The van der Waals surface area contributed by atoms with Crippen LogP contribution in [0, 0.1) is 5.82 Å². The third-order valence-electron chi connectivity index (χ3n) is 3.36. The van der Waals surface area contributed by atoms with E-state index < -0.39 is 0 Å². The van der Waals surface area contributed by atoms with E-state index in [1.165, 1.54) is 17.8 Å². The molecule has 2 aromatic heterocycles. The van der Waals surface area contributed by atoms with Crippen molar-refractivity contribution in [3.8, 4) is 0 Å². The van der Waals surface area contributed by atoms with E-state index in [1.807, 2.05) is 18.2 Å². The highest BCUT2D eigenvalue weighted by atomic mass is 19.1. The van der Waals surface area contributed by atoms with Crippen molar-refractivity contribution in [2.75, 3.05) is 6.54 Å². The maximum atomic E-state index is 13.4. The molecule has 0 aliphatic carbocycles. The number of halogens is 1. The highest BCUT2D eigenvalue weighted by Crippen LogP contribution is 2.17. The van der Waals surface area contributed by atoms with Gasteiger partial charge in [-0.2, -0.15) is 0 Å². The van der Waals surface area contributed by atoms with Crippen LogP contribution in [0.25, 0.3) is 5.65 Å². The van der Waals surface area contributed by atoms with Gasteiger partial charge in [0, 0.05) is 24.7 Å². The molecule has 0 aliphatic heterocycles. The van der Waals surface area contributed by atoms with E-state index in [9.17, 15) is 4.39 Å². The van der Waals surface area contributed by atoms with E-state index in [0.29, 0.717) is 13.0 Å². The van der Waals surface area contributed by atoms with E-state index in [-0.39, 0.29) is 5.82 Å². The molecule has 3 aromatic rings. The summed E-state index contributed by atoms with van der Waals surface area (Å²) in [7, 11) is 0. The first-order chi connectivity index (χ1) is 9.78. The Morgan fingerprint density at radius 3 is 2.65 bits per heavy atom. The summed E-state index contributed by atoms with van der Waals surface area (Å²) in [6, 6.07) is 13.3. The number of benzene rings is 1. The highest BCUT2D eigenvalue weighted by Gasteiger charge is 2.12. The van der Waals surface area contributed by atoms with Gasteiger partial charge in [-0.05, 0) is 24.2 Å². The minimum absolute atomic E-state index is 0.264. The molecule has 2 N–H and O–H groups in total. The molecular weight excluding hydrogens is 253 g/mol. The molecule has 20 heavy (non-hydrogen) atoms. The molecule has 1 aromatic carbocycles. The molecule has 0 unspecified atom stereocenters. The highest BCUT2D eigenvalue weighted by molar-refractivity contribution is 5.44. The molecule has 0 radical (unpaired) electrons. The number of fused-ring (bicyclic) bond motifs is 1. The monoisotopic (exact) mass is 269 g/mol. The third kappa shape index (κ3) is 2.42. The fourth-order valence-electron chi connectivity index (χ4n) is 2.45. The number of nitrogens with zero attached hydrogens (tertiary/aromatic N) is 2. The first-order valence-corrected chi connectivity index (χ1v) is 6.67. The molecular formula is C16H16FN3. The lowest BCUT2D eigenvalue weighted by atomic mass is 10.1. The largest absolute Gasteiger partial charge is 0.330 e. The van der Waals surface area contributed by atoms with E-state index in [1.54, 1.807) is 10.5 Å². The van der Waals surface area contributed by atoms with Crippen LogP contribution in [0.4, 0.5) is 4.39 Å². The van der Waals surface area contributed by atoms with Crippen molar-refractivity contribution in [3.05, 3.63) is 71.4 Å². The normalized spacial score (nSPS) is 11.1. The van der Waals surface area contributed by atoms with Crippen molar-refractivity contribution >= 4 is 5.65 Å². The summed E-state index contributed by atoms with van der Waals surface area (Å²) in [6.45, 7) is 0.520. The molecule has 0 aliphatic rings. The Labute approximate surface area is 116 Å². The standard InChI is InChI=1S/C16H16FN3/c17-13-6-7-16-19-14(10-12-4-2-1-3-5-12)15(8-9-18)20(16)11-13/h1-7,11H,8-10,18H2. The number of rotatable bonds is 4. The number of pyridine rings is 1. The van der Waals surface area contributed by atoms with Gasteiger partial charge in [0.2, 0.25) is 0 Å². The molecule has 3 rings (SSSR count). The van der Waals surface area contributed by atoms with Gasteiger partial charge >= 0.3 is 0 Å². The van der Waals surface area contributed by atoms with Gasteiger partial charge in [0.25, 0.3) is 0 Å². The van der Waals surface area contributed by atoms with Crippen molar-refractivity contribution in [1.29, 1.82) is 0 Å². The number of hydrogen-bond acceptors (Lipinski definition) is 2. The minimum atomic E-state index is -0.264. The Hall–Kier alpha value is -2.20. The fraction of sp³-hybridized carbons (Fsp3) is 0.188. The topological polar surface area (TPSA) is 43.3 Å². The molecule has 0 saturated carbocycles. The molecule has 3 nitrogen and oxygen atoms in total. The summed E-state index contributed by atoms with van der Waals surface area (Å²) >= 11 is 0. The van der Waals surface area contributed by atoms with Crippen LogP contribution >= 0.6 is 0 Å². The zero-order valence-electron chi connectivity index (χ0n) is 11.1. The van der Waals surface area contributed by atoms with Gasteiger partial charge in [-0.3, -0.25) is 0 Å². The van der Waals surface area contributed by atoms with Gasteiger partial charge in [-0.15, -0.1) is 0 Å². The first-order valence-electron chi connectivity index (χ1n) is 6.67. The van der Waals surface area contributed by atoms with Gasteiger partial charge in [-0.1, -0.05) is 30.3 Å². The summed E-state index contributed by atoms with van der Waals surface area (Å²) in [6.07, 6.45) is 2.90. The Morgan fingerprint density at radius 1 is 1.10 bits per heavy atom. The van der Waals surface area contributed by atoms with Gasteiger partial charge < -0.3 is 10.1 Å². The Balaban J connectivity index is 2.07. The Kier molecular flexibility index (Phi) is 3.48. The average Bonchev–Trinajstić information content (AvgIpc) is 2.78. The van der Waals surface area contributed by atoms with Gasteiger partial charge in [0.1, 0.15) is 11.5 Å². The molecule has 2 heterocycles. The summed E-state index contributed by atoms with van der Waals surface area (Å²) in [5.41, 5.74) is 9.59. The quantitative estimate of drug-likeness (QED) is 0.791. The van der Waals surface area contributed by atoms with Crippen molar-refractivity contribution in [2.24, 2.45) is 5.73 Å². The van der Waals surface area contributed by atoms with Gasteiger partial charge in [-0.25, -0.2) is 9.37 Å². The maximum Gasteiger partial charge on any atom is 0.139 e. The molecule has 4 heteroatoms. The Bertz CT molecular complexity index is 719. The molecule has 0 spiro atoms.